The molecule has 0 aromatic heterocycles. The van der Waals surface area contributed by atoms with Gasteiger partial charge in [0.2, 0.25) is 0 Å². The average Bonchev–Trinajstić information content (AvgIpc) is 3.48. The Hall–Kier alpha value is -2.00. The minimum absolute atomic E-state index is 0.0117. The molecule has 0 spiro atoms. The van der Waals surface area contributed by atoms with Crippen molar-refractivity contribution in [2.24, 2.45) is 47.3 Å². The van der Waals surface area contributed by atoms with E-state index in [1.807, 2.05) is 6.92 Å². The summed E-state index contributed by atoms with van der Waals surface area (Å²) in [4.78, 5) is 48.8. The molecule has 0 aromatic rings. The first-order valence-corrected chi connectivity index (χ1v) is 11.2. The number of carboxylic acids is 1. The summed E-state index contributed by atoms with van der Waals surface area (Å²) in [6.45, 7) is 4.80. The predicted molar refractivity (Wildman–Crippen MR) is 103 cm³/mol. The van der Waals surface area contributed by atoms with E-state index < -0.39 is 41.6 Å². The average molecular weight is 438 g/mol. The molecular weight excluding hydrogens is 408 g/mol. The van der Waals surface area contributed by atoms with Crippen LogP contribution in [0.2, 0.25) is 0 Å². The first kappa shape index (κ1) is 22.2. The minimum atomic E-state index is -0.785. The number of carboxylic acid groups (broad SMARTS) is 1. The van der Waals surface area contributed by atoms with Gasteiger partial charge < -0.3 is 24.1 Å². The number of carbonyl (C=O) groups excluding carboxylic acids is 3. The molecular formula is C22H30O9. The fraction of sp³-hybridized carbons (Fsp3) is 0.818. The molecule has 2 bridgehead atoms. The summed E-state index contributed by atoms with van der Waals surface area (Å²) in [5.74, 6) is -4.59. The van der Waals surface area contributed by atoms with Crippen LogP contribution < -0.4 is 0 Å². The number of ether oxygens (including phenoxy) is 4. The van der Waals surface area contributed by atoms with Gasteiger partial charge in [-0.05, 0) is 42.9 Å². The van der Waals surface area contributed by atoms with Crippen LogP contribution in [0, 0.1) is 47.3 Å². The zero-order chi connectivity index (χ0) is 22.3. The Kier molecular flexibility index (Phi) is 6.35. The van der Waals surface area contributed by atoms with Crippen LogP contribution in [-0.2, 0) is 38.1 Å². The highest BCUT2D eigenvalue weighted by Crippen LogP contribution is 2.58. The van der Waals surface area contributed by atoms with Crippen molar-refractivity contribution < 1.29 is 43.2 Å². The molecule has 9 nitrogen and oxygen atoms in total. The molecule has 8 atom stereocenters. The molecule has 0 aromatic carbocycles. The molecule has 4 aliphatic rings. The molecule has 0 radical (unpaired) electrons. The van der Waals surface area contributed by atoms with Crippen LogP contribution >= 0.6 is 0 Å². The lowest BCUT2D eigenvalue weighted by atomic mass is 9.67. The predicted octanol–water partition coefficient (Wildman–Crippen LogP) is 1.63. The van der Waals surface area contributed by atoms with Gasteiger partial charge in [0.1, 0.15) is 0 Å². The molecule has 8 unspecified atom stereocenters. The quantitative estimate of drug-likeness (QED) is 0.444. The van der Waals surface area contributed by atoms with Crippen LogP contribution in [0.15, 0.2) is 0 Å². The summed E-state index contributed by atoms with van der Waals surface area (Å²) in [7, 11) is 0. The van der Waals surface area contributed by atoms with Gasteiger partial charge in [0, 0.05) is 6.42 Å². The fourth-order valence-electron chi connectivity index (χ4n) is 6.26. The molecule has 2 aliphatic carbocycles. The maximum atomic E-state index is 13.2. The van der Waals surface area contributed by atoms with Crippen LogP contribution in [0.1, 0.15) is 39.5 Å². The van der Waals surface area contributed by atoms with Gasteiger partial charge in [0.15, 0.2) is 6.29 Å². The minimum Gasteiger partial charge on any atom is -0.481 e. The number of hydrogen-bond acceptors (Lipinski definition) is 8. The van der Waals surface area contributed by atoms with E-state index in [0.717, 1.165) is 6.42 Å². The highest BCUT2D eigenvalue weighted by atomic mass is 16.7. The van der Waals surface area contributed by atoms with Gasteiger partial charge in [-0.15, -0.1) is 0 Å². The standard InChI is InChI=1S/C22H30O9/c1-10-13-7-12(8-15(13)19(23)24)18(10)16(9-14-11(2)20(25)31-22(14)27)21(26)30-4-3-17-28-5-6-29-17/h10-18H,3-9H2,1-2H3,(H,23,24). The van der Waals surface area contributed by atoms with E-state index in [1.54, 1.807) is 6.92 Å². The lowest BCUT2D eigenvalue weighted by Gasteiger charge is -2.37. The van der Waals surface area contributed by atoms with Gasteiger partial charge in [-0.25, -0.2) is 0 Å². The Labute approximate surface area is 180 Å². The number of aliphatic carboxylic acids is 1. The van der Waals surface area contributed by atoms with Gasteiger partial charge in [-0.3, -0.25) is 19.2 Å². The third-order valence-corrected chi connectivity index (χ3v) is 7.84. The molecule has 31 heavy (non-hydrogen) atoms. The van der Waals surface area contributed by atoms with Crippen molar-refractivity contribution in [3.05, 3.63) is 0 Å². The van der Waals surface area contributed by atoms with Crippen LogP contribution in [0.5, 0.6) is 0 Å². The molecule has 2 saturated carbocycles. The van der Waals surface area contributed by atoms with Gasteiger partial charge in [0.25, 0.3) is 0 Å². The second-order valence-corrected chi connectivity index (χ2v) is 9.38. The number of rotatable bonds is 8. The maximum Gasteiger partial charge on any atom is 0.317 e. The molecule has 1 N–H and O–H groups in total. The lowest BCUT2D eigenvalue weighted by Crippen LogP contribution is -2.40. The topological polar surface area (TPSA) is 125 Å². The molecule has 2 aliphatic heterocycles. The molecule has 0 amide bonds. The third-order valence-electron chi connectivity index (χ3n) is 7.84. The van der Waals surface area contributed by atoms with Crippen LogP contribution in [0.3, 0.4) is 0 Å². The van der Waals surface area contributed by atoms with Crippen molar-refractivity contribution >= 4 is 23.9 Å². The Bertz CT molecular complexity index is 741. The first-order chi connectivity index (χ1) is 14.8. The smallest absolute Gasteiger partial charge is 0.317 e. The second-order valence-electron chi connectivity index (χ2n) is 9.38. The Morgan fingerprint density at radius 3 is 2.42 bits per heavy atom. The van der Waals surface area contributed by atoms with Gasteiger partial charge in [0.05, 0.1) is 43.5 Å². The van der Waals surface area contributed by atoms with Crippen molar-refractivity contribution in [3.8, 4) is 0 Å². The second kappa shape index (κ2) is 8.86. The fourth-order valence-corrected chi connectivity index (χ4v) is 6.26. The SMILES string of the molecule is CC1C(=O)OC(=O)C1CC(C(=O)OCCC1OCCO1)C1C2CC(C(=O)O)C(C2)C1C. The van der Waals surface area contributed by atoms with E-state index in [-0.39, 0.29) is 48.9 Å². The molecule has 2 saturated heterocycles. The van der Waals surface area contributed by atoms with Crippen molar-refractivity contribution in [2.45, 2.75) is 45.8 Å². The van der Waals surface area contributed by atoms with E-state index in [1.165, 1.54) is 0 Å². The Morgan fingerprint density at radius 2 is 1.84 bits per heavy atom. The number of cyclic esters (lactones) is 2. The summed E-state index contributed by atoms with van der Waals surface area (Å²) in [5.41, 5.74) is 0. The highest BCUT2D eigenvalue weighted by Gasteiger charge is 2.57. The van der Waals surface area contributed by atoms with E-state index in [2.05, 4.69) is 0 Å². The molecule has 2 heterocycles. The number of carbonyl (C=O) groups is 4. The number of hydrogen-bond donors (Lipinski definition) is 1. The van der Waals surface area contributed by atoms with Gasteiger partial charge >= 0.3 is 23.9 Å². The van der Waals surface area contributed by atoms with E-state index in [4.69, 9.17) is 18.9 Å². The zero-order valence-electron chi connectivity index (χ0n) is 17.9. The molecule has 172 valence electrons. The van der Waals surface area contributed by atoms with Crippen LogP contribution in [0.25, 0.3) is 0 Å². The third kappa shape index (κ3) is 4.22. The first-order valence-electron chi connectivity index (χ1n) is 11.2. The summed E-state index contributed by atoms with van der Waals surface area (Å²) in [6.07, 6.45) is 1.52. The Morgan fingerprint density at radius 1 is 1.13 bits per heavy atom. The summed E-state index contributed by atoms with van der Waals surface area (Å²) >= 11 is 0. The van der Waals surface area contributed by atoms with Crippen molar-refractivity contribution in [1.29, 1.82) is 0 Å². The van der Waals surface area contributed by atoms with Crippen molar-refractivity contribution in [3.63, 3.8) is 0 Å². The van der Waals surface area contributed by atoms with E-state index in [9.17, 15) is 24.3 Å². The number of fused-ring (bicyclic) bond motifs is 2. The van der Waals surface area contributed by atoms with Crippen LogP contribution in [-0.4, -0.2) is 55.1 Å². The summed E-state index contributed by atoms with van der Waals surface area (Å²) < 4.78 is 21.1. The molecule has 9 heteroatoms. The number of esters is 3. The maximum absolute atomic E-state index is 13.2. The summed E-state index contributed by atoms with van der Waals surface area (Å²) in [5, 5.41) is 9.52. The molecule has 4 fully saturated rings. The van der Waals surface area contributed by atoms with Gasteiger partial charge in [-0.1, -0.05) is 13.8 Å². The normalized spacial score (nSPS) is 38.5. The molecule has 4 rings (SSSR count). The van der Waals surface area contributed by atoms with E-state index >= 15 is 0 Å². The van der Waals surface area contributed by atoms with E-state index in [0.29, 0.717) is 26.1 Å². The largest absolute Gasteiger partial charge is 0.481 e. The van der Waals surface area contributed by atoms with Crippen LogP contribution in [0.4, 0.5) is 0 Å². The highest BCUT2D eigenvalue weighted by molar-refractivity contribution is 5.96. The Balaban J connectivity index is 1.47. The van der Waals surface area contributed by atoms with Crippen molar-refractivity contribution in [2.75, 3.05) is 19.8 Å². The van der Waals surface area contributed by atoms with Crippen molar-refractivity contribution in [1.82, 2.24) is 0 Å². The van der Waals surface area contributed by atoms with Gasteiger partial charge in [-0.2, -0.15) is 0 Å². The summed E-state index contributed by atoms with van der Waals surface area (Å²) in [6, 6.07) is 0. The zero-order valence-corrected chi connectivity index (χ0v) is 17.9. The monoisotopic (exact) mass is 438 g/mol. The lowest BCUT2D eigenvalue weighted by molar-refractivity contribution is -0.157.